The van der Waals surface area contributed by atoms with E-state index in [1.165, 1.54) is 0 Å². The molecule has 1 aromatic carbocycles. The maximum atomic E-state index is 12.0. The number of carboxylic acids is 1. The second-order valence-electron chi connectivity index (χ2n) is 4.46. The van der Waals surface area contributed by atoms with Gasteiger partial charge in [0.15, 0.2) is 11.5 Å². The van der Waals surface area contributed by atoms with Crippen LogP contribution < -0.4 is 19.5 Å². The first-order valence-electron chi connectivity index (χ1n) is 6.00. The molecular weight excluding hydrogens is 250 g/mol. The van der Waals surface area contributed by atoms with Gasteiger partial charge in [0.25, 0.3) is 0 Å². The number of rotatable bonds is 5. The van der Waals surface area contributed by atoms with Crippen molar-refractivity contribution < 1.29 is 29.1 Å². The first-order chi connectivity index (χ1) is 9.06. The van der Waals surface area contributed by atoms with Gasteiger partial charge in [-0.25, -0.2) is 0 Å². The molecule has 0 radical (unpaired) electrons. The van der Waals surface area contributed by atoms with Crippen LogP contribution in [0.15, 0.2) is 18.2 Å². The van der Waals surface area contributed by atoms with E-state index >= 15 is 0 Å². The van der Waals surface area contributed by atoms with E-state index in [0.717, 1.165) is 0 Å². The molecule has 6 heteroatoms. The highest BCUT2D eigenvalue weighted by atomic mass is 16.6. The van der Waals surface area contributed by atoms with Crippen molar-refractivity contribution >= 4 is 11.8 Å². The Hall–Kier alpha value is -2.08. The van der Waals surface area contributed by atoms with E-state index in [0.29, 0.717) is 35.2 Å². The number of ketones is 1. The molecule has 102 valence electrons. The van der Waals surface area contributed by atoms with E-state index in [2.05, 4.69) is 0 Å². The van der Waals surface area contributed by atoms with E-state index in [1.807, 2.05) is 0 Å². The van der Waals surface area contributed by atoms with Crippen molar-refractivity contribution in [1.29, 1.82) is 0 Å². The minimum atomic E-state index is -1.17. The van der Waals surface area contributed by atoms with E-state index in [-0.39, 0.29) is 18.9 Å². The monoisotopic (exact) mass is 265 g/mol. The maximum absolute atomic E-state index is 12.0. The lowest BCUT2D eigenvalue weighted by molar-refractivity contribution is -0.864. The lowest BCUT2D eigenvalue weighted by Gasteiger charge is -2.19. The summed E-state index contributed by atoms with van der Waals surface area (Å²) in [6, 6.07) is 4.97. The molecule has 1 atom stereocenters. The first kappa shape index (κ1) is 13.4. The number of quaternary nitrogens is 1. The van der Waals surface area contributed by atoms with Crippen molar-refractivity contribution in [3.63, 3.8) is 0 Å². The fourth-order valence-electron chi connectivity index (χ4n) is 1.90. The average molecular weight is 265 g/mol. The van der Waals surface area contributed by atoms with E-state index in [4.69, 9.17) is 9.47 Å². The van der Waals surface area contributed by atoms with Gasteiger partial charge in [-0.15, -0.1) is 0 Å². The lowest BCUT2D eigenvalue weighted by Crippen LogP contribution is -3.11. The summed E-state index contributed by atoms with van der Waals surface area (Å²) in [7, 11) is 1.63. The summed E-state index contributed by atoms with van der Waals surface area (Å²) in [5, 5.41) is 10.4. The second kappa shape index (κ2) is 5.71. The molecule has 0 aliphatic carbocycles. The van der Waals surface area contributed by atoms with Crippen LogP contribution in [0.5, 0.6) is 11.5 Å². The molecule has 0 fully saturated rings. The Morgan fingerprint density at radius 2 is 1.89 bits per heavy atom. The number of likely N-dealkylation sites (N-methyl/N-ethyl adjacent to an activating group) is 1. The zero-order valence-corrected chi connectivity index (χ0v) is 10.6. The van der Waals surface area contributed by atoms with Gasteiger partial charge in [-0.2, -0.15) is 0 Å². The van der Waals surface area contributed by atoms with Crippen molar-refractivity contribution in [3.05, 3.63) is 23.8 Å². The Morgan fingerprint density at radius 1 is 1.21 bits per heavy atom. The number of fused-ring (bicyclic) bond motifs is 1. The lowest BCUT2D eigenvalue weighted by atomic mass is 10.1. The number of hydrogen-bond donors (Lipinski definition) is 1. The van der Waals surface area contributed by atoms with Crippen molar-refractivity contribution in [2.24, 2.45) is 0 Å². The molecule has 0 amide bonds. The van der Waals surface area contributed by atoms with Crippen LogP contribution in [-0.4, -0.2) is 45.1 Å². The second-order valence-corrected chi connectivity index (χ2v) is 4.46. The third-order valence-electron chi connectivity index (χ3n) is 2.77. The SMILES string of the molecule is C[NH+](CC(=O)[O-])CC(=O)c1ccc2c(c1)OCCO2. The summed E-state index contributed by atoms with van der Waals surface area (Å²) in [6.45, 7) is 0.850. The van der Waals surface area contributed by atoms with Crippen LogP contribution >= 0.6 is 0 Å². The fraction of sp³-hybridized carbons (Fsp3) is 0.385. The van der Waals surface area contributed by atoms with Crippen LogP contribution in [-0.2, 0) is 4.79 Å². The maximum Gasteiger partial charge on any atom is 0.217 e. The molecule has 1 unspecified atom stereocenters. The van der Waals surface area contributed by atoms with Gasteiger partial charge >= 0.3 is 0 Å². The molecule has 0 saturated heterocycles. The van der Waals surface area contributed by atoms with Crippen LogP contribution in [0.3, 0.4) is 0 Å². The predicted molar refractivity (Wildman–Crippen MR) is 63.4 cm³/mol. The minimum Gasteiger partial charge on any atom is -0.544 e. The van der Waals surface area contributed by atoms with Crippen LogP contribution in [0.4, 0.5) is 0 Å². The van der Waals surface area contributed by atoms with Gasteiger partial charge in [0, 0.05) is 5.56 Å². The number of carbonyl (C=O) groups is 2. The molecule has 0 bridgehead atoms. The molecule has 0 spiro atoms. The number of carbonyl (C=O) groups excluding carboxylic acids is 2. The summed E-state index contributed by atoms with van der Waals surface area (Å²) >= 11 is 0. The molecule has 19 heavy (non-hydrogen) atoms. The van der Waals surface area contributed by atoms with E-state index in [9.17, 15) is 14.7 Å². The van der Waals surface area contributed by atoms with Crippen LogP contribution in [0.1, 0.15) is 10.4 Å². The molecule has 0 saturated carbocycles. The molecule has 1 aliphatic heterocycles. The van der Waals surface area contributed by atoms with Crippen molar-refractivity contribution in [3.8, 4) is 11.5 Å². The summed E-state index contributed by atoms with van der Waals surface area (Å²) in [6.07, 6.45) is 0. The van der Waals surface area contributed by atoms with Crippen LogP contribution in [0, 0.1) is 0 Å². The van der Waals surface area contributed by atoms with Gasteiger partial charge < -0.3 is 24.3 Å². The first-order valence-corrected chi connectivity index (χ1v) is 6.00. The van der Waals surface area contributed by atoms with Gasteiger partial charge in [-0.3, -0.25) is 4.79 Å². The molecule has 0 aromatic heterocycles. The normalized spacial score (nSPS) is 14.8. The highest BCUT2D eigenvalue weighted by Gasteiger charge is 2.17. The topological polar surface area (TPSA) is 80.1 Å². The summed E-state index contributed by atoms with van der Waals surface area (Å²) in [5.74, 6) is -0.143. The standard InChI is InChI=1S/C13H15NO5/c1-14(8-13(16)17)7-10(15)9-2-3-11-12(6-9)19-5-4-18-11/h2-3,6H,4-5,7-8H2,1H3,(H,16,17). The number of hydrogen-bond acceptors (Lipinski definition) is 5. The molecule has 1 aliphatic rings. The Morgan fingerprint density at radius 3 is 2.58 bits per heavy atom. The summed E-state index contributed by atoms with van der Waals surface area (Å²) < 4.78 is 10.8. The Labute approximate surface area is 110 Å². The summed E-state index contributed by atoms with van der Waals surface area (Å²) in [4.78, 5) is 23.0. The van der Waals surface area contributed by atoms with Crippen molar-refractivity contribution in [2.75, 3.05) is 33.4 Å². The van der Waals surface area contributed by atoms with Crippen molar-refractivity contribution in [1.82, 2.24) is 0 Å². The molecule has 2 rings (SSSR count). The van der Waals surface area contributed by atoms with Gasteiger partial charge in [0.1, 0.15) is 26.3 Å². The molecule has 1 aromatic rings. The van der Waals surface area contributed by atoms with Gasteiger partial charge in [0.05, 0.1) is 13.0 Å². The third-order valence-corrected chi connectivity index (χ3v) is 2.77. The largest absolute Gasteiger partial charge is 0.544 e. The van der Waals surface area contributed by atoms with E-state index < -0.39 is 5.97 Å². The summed E-state index contributed by atoms with van der Waals surface area (Å²) in [5.41, 5.74) is 0.488. The predicted octanol–water partition coefficient (Wildman–Crippen LogP) is -2.09. The van der Waals surface area contributed by atoms with E-state index in [1.54, 1.807) is 25.2 Å². The zero-order valence-electron chi connectivity index (χ0n) is 10.6. The third kappa shape index (κ3) is 3.45. The van der Waals surface area contributed by atoms with Crippen LogP contribution in [0.2, 0.25) is 0 Å². The number of nitrogens with one attached hydrogen (secondary N) is 1. The average Bonchev–Trinajstić information content (AvgIpc) is 2.37. The van der Waals surface area contributed by atoms with Gasteiger partial charge in [0.2, 0.25) is 5.78 Å². The molecule has 6 nitrogen and oxygen atoms in total. The number of aliphatic carboxylic acids is 1. The Kier molecular flexibility index (Phi) is 4.01. The zero-order chi connectivity index (χ0) is 13.8. The number of ether oxygens (including phenoxy) is 2. The Balaban J connectivity index is 2.05. The minimum absolute atomic E-state index is 0.0909. The fourth-order valence-corrected chi connectivity index (χ4v) is 1.90. The quantitative estimate of drug-likeness (QED) is 0.617. The van der Waals surface area contributed by atoms with Crippen LogP contribution in [0.25, 0.3) is 0 Å². The highest BCUT2D eigenvalue weighted by Crippen LogP contribution is 2.30. The number of benzene rings is 1. The molecule has 1 heterocycles. The number of Topliss-reactive ketones (excluding diaryl/α,β-unsaturated/α-hetero) is 1. The van der Waals surface area contributed by atoms with Crippen molar-refractivity contribution in [2.45, 2.75) is 0 Å². The van der Waals surface area contributed by atoms with Gasteiger partial charge in [-0.1, -0.05) is 0 Å². The Bertz CT molecular complexity index is 500. The highest BCUT2D eigenvalue weighted by molar-refractivity contribution is 5.97. The molecular formula is C13H15NO5. The molecule has 1 N–H and O–H groups in total. The van der Waals surface area contributed by atoms with Gasteiger partial charge in [-0.05, 0) is 18.2 Å². The number of carboxylic acid groups (broad SMARTS) is 1. The smallest absolute Gasteiger partial charge is 0.217 e.